The molecule has 3 aromatic rings. The number of nitrogen functional groups attached to an aromatic ring is 1. The van der Waals surface area contributed by atoms with Crippen molar-refractivity contribution in [2.24, 2.45) is 0 Å². The molecule has 9 nitrogen and oxygen atoms in total. The van der Waals surface area contributed by atoms with Crippen LogP contribution in [0.5, 0.6) is 5.88 Å². The van der Waals surface area contributed by atoms with Gasteiger partial charge in [0.1, 0.15) is 18.9 Å². The first-order valence-electron chi connectivity index (χ1n) is 8.27. The van der Waals surface area contributed by atoms with Gasteiger partial charge < -0.3 is 25.4 Å². The summed E-state index contributed by atoms with van der Waals surface area (Å²) in [4.78, 5) is 12.7. The number of aromatic nitrogens is 4. The average Bonchev–Trinajstić information content (AvgIpc) is 3.23. The quantitative estimate of drug-likeness (QED) is 0.606. The molecule has 0 saturated carbocycles. The third kappa shape index (κ3) is 3.07. The second-order valence-electron chi connectivity index (χ2n) is 6.10. The van der Waals surface area contributed by atoms with E-state index in [0.717, 1.165) is 5.56 Å². The maximum Gasteiger partial charge on any atom is 0.247 e. The Kier molecular flexibility index (Phi) is 4.41. The first kappa shape index (κ1) is 16.7. The summed E-state index contributed by atoms with van der Waals surface area (Å²) in [5, 5.41) is 19.2. The van der Waals surface area contributed by atoms with Crippen molar-refractivity contribution >= 4 is 17.1 Å². The summed E-state index contributed by atoms with van der Waals surface area (Å²) < 4.78 is 13.1. The van der Waals surface area contributed by atoms with Crippen LogP contribution in [-0.2, 0) is 11.3 Å². The average molecular weight is 357 g/mol. The number of ether oxygens (including phenoxy) is 2. The smallest absolute Gasteiger partial charge is 0.247 e. The molecule has 0 radical (unpaired) electrons. The van der Waals surface area contributed by atoms with Crippen molar-refractivity contribution in [3.63, 3.8) is 0 Å². The number of imidazole rings is 1. The van der Waals surface area contributed by atoms with Crippen LogP contribution < -0.4 is 10.5 Å². The molecule has 4 N–H and O–H groups in total. The number of nitrogens with two attached hydrogens (primary N) is 1. The molecule has 1 saturated heterocycles. The minimum atomic E-state index is -0.754. The zero-order chi connectivity index (χ0) is 18.1. The molecule has 3 atom stereocenters. The van der Waals surface area contributed by atoms with Gasteiger partial charge in [-0.15, -0.1) is 0 Å². The van der Waals surface area contributed by atoms with Crippen molar-refractivity contribution in [1.82, 2.24) is 19.5 Å². The lowest BCUT2D eigenvalue weighted by molar-refractivity contribution is -0.0432. The molecule has 0 spiro atoms. The molecule has 0 aliphatic carbocycles. The summed E-state index contributed by atoms with van der Waals surface area (Å²) >= 11 is 0. The molecule has 4 rings (SSSR count). The van der Waals surface area contributed by atoms with Gasteiger partial charge in [0.15, 0.2) is 11.2 Å². The molecule has 1 aliphatic rings. The van der Waals surface area contributed by atoms with E-state index in [1.54, 1.807) is 10.9 Å². The summed E-state index contributed by atoms with van der Waals surface area (Å²) in [6.45, 7) is 0.0668. The summed E-state index contributed by atoms with van der Waals surface area (Å²) in [6.07, 6.45) is -0.0177. The molecular weight excluding hydrogens is 338 g/mol. The zero-order valence-corrected chi connectivity index (χ0v) is 13.9. The summed E-state index contributed by atoms with van der Waals surface area (Å²) in [6, 6.07) is 9.68. The Morgan fingerprint density at radius 3 is 2.81 bits per heavy atom. The van der Waals surface area contributed by atoms with E-state index in [1.165, 1.54) is 0 Å². The molecule has 0 bridgehead atoms. The van der Waals surface area contributed by atoms with E-state index in [9.17, 15) is 10.2 Å². The van der Waals surface area contributed by atoms with E-state index in [2.05, 4.69) is 15.0 Å². The Labute approximate surface area is 149 Å². The molecule has 3 unspecified atom stereocenters. The highest BCUT2D eigenvalue weighted by molar-refractivity contribution is 5.77. The Bertz CT molecular complexity index is 901. The second-order valence-corrected chi connectivity index (χ2v) is 6.10. The van der Waals surface area contributed by atoms with Crippen molar-refractivity contribution < 1.29 is 19.7 Å². The van der Waals surface area contributed by atoms with Crippen LogP contribution in [-0.4, -0.2) is 48.5 Å². The Balaban J connectivity index is 1.63. The molecule has 3 heterocycles. The van der Waals surface area contributed by atoms with Gasteiger partial charge in [-0.3, -0.25) is 4.57 Å². The number of anilines is 1. The first-order chi connectivity index (χ1) is 12.7. The molecule has 1 fully saturated rings. The van der Waals surface area contributed by atoms with Crippen molar-refractivity contribution in [3.8, 4) is 5.88 Å². The van der Waals surface area contributed by atoms with Crippen LogP contribution in [0.15, 0.2) is 36.7 Å². The number of rotatable bonds is 5. The number of nitrogens with zero attached hydrogens (tertiary/aromatic N) is 4. The zero-order valence-electron chi connectivity index (χ0n) is 13.9. The molecule has 0 amide bonds. The topological polar surface area (TPSA) is 129 Å². The minimum absolute atomic E-state index is 0.0552. The number of fused-ring (bicyclic) bond motifs is 1. The highest BCUT2D eigenvalue weighted by Crippen LogP contribution is 2.32. The van der Waals surface area contributed by atoms with Gasteiger partial charge in [0, 0.05) is 6.42 Å². The monoisotopic (exact) mass is 357 g/mol. The van der Waals surface area contributed by atoms with Gasteiger partial charge in [-0.25, -0.2) is 4.98 Å². The van der Waals surface area contributed by atoms with E-state index >= 15 is 0 Å². The van der Waals surface area contributed by atoms with Crippen molar-refractivity contribution in [2.45, 2.75) is 31.5 Å². The van der Waals surface area contributed by atoms with Gasteiger partial charge in [0.05, 0.1) is 19.0 Å². The maximum atomic E-state index is 9.95. The van der Waals surface area contributed by atoms with E-state index in [4.69, 9.17) is 15.2 Å². The Morgan fingerprint density at radius 2 is 2.08 bits per heavy atom. The SMILES string of the molecule is Nc1nc(OCc2ccccc2)c2ncn(C3CC(O)C(CO)O3)c2n1. The van der Waals surface area contributed by atoms with Crippen LogP contribution >= 0.6 is 0 Å². The lowest BCUT2D eigenvalue weighted by atomic mass is 10.2. The van der Waals surface area contributed by atoms with Crippen LogP contribution in [0, 0.1) is 0 Å². The van der Waals surface area contributed by atoms with Gasteiger partial charge in [-0.05, 0) is 5.56 Å². The summed E-state index contributed by atoms with van der Waals surface area (Å²) in [7, 11) is 0. The van der Waals surface area contributed by atoms with E-state index < -0.39 is 18.4 Å². The van der Waals surface area contributed by atoms with Crippen LogP contribution in [0.25, 0.3) is 11.2 Å². The van der Waals surface area contributed by atoms with Crippen LogP contribution in [0.1, 0.15) is 18.2 Å². The number of benzene rings is 1. The summed E-state index contributed by atoms with van der Waals surface area (Å²) in [5.74, 6) is 0.340. The van der Waals surface area contributed by atoms with Gasteiger partial charge >= 0.3 is 0 Å². The highest BCUT2D eigenvalue weighted by Gasteiger charge is 2.35. The number of aliphatic hydroxyl groups excluding tert-OH is 2. The fourth-order valence-corrected chi connectivity index (χ4v) is 2.99. The lowest BCUT2D eigenvalue weighted by Crippen LogP contribution is -2.24. The predicted octanol–water partition coefficient (Wildman–Crippen LogP) is 0.628. The van der Waals surface area contributed by atoms with Gasteiger partial charge in [0.25, 0.3) is 0 Å². The molecule has 26 heavy (non-hydrogen) atoms. The van der Waals surface area contributed by atoms with Crippen LogP contribution in [0.4, 0.5) is 5.95 Å². The largest absolute Gasteiger partial charge is 0.471 e. The van der Waals surface area contributed by atoms with Gasteiger partial charge in [-0.2, -0.15) is 9.97 Å². The van der Waals surface area contributed by atoms with Gasteiger partial charge in [-0.1, -0.05) is 30.3 Å². The molecule has 1 aliphatic heterocycles. The number of aliphatic hydroxyl groups is 2. The molecular formula is C17H19N5O4. The van der Waals surface area contributed by atoms with Gasteiger partial charge in [0.2, 0.25) is 11.8 Å². The van der Waals surface area contributed by atoms with E-state index in [-0.39, 0.29) is 18.4 Å². The predicted molar refractivity (Wildman–Crippen MR) is 92.1 cm³/mol. The van der Waals surface area contributed by atoms with Crippen molar-refractivity contribution in [1.29, 1.82) is 0 Å². The summed E-state index contributed by atoms with van der Waals surface area (Å²) in [5.41, 5.74) is 7.73. The second kappa shape index (κ2) is 6.87. The fourth-order valence-electron chi connectivity index (χ4n) is 2.99. The van der Waals surface area contributed by atoms with E-state index in [0.29, 0.717) is 24.2 Å². The minimum Gasteiger partial charge on any atom is -0.471 e. The normalized spacial score (nSPS) is 22.8. The maximum absolute atomic E-state index is 9.95. The Hall–Kier alpha value is -2.75. The highest BCUT2D eigenvalue weighted by atomic mass is 16.5. The fraction of sp³-hybridized carbons (Fsp3) is 0.353. The third-order valence-electron chi connectivity index (χ3n) is 4.32. The number of hydrogen-bond donors (Lipinski definition) is 3. The number of hydrogen-bond acceptors (Lipinski definition) is 8. The Morgan fingerprint density at radius 1 is 1.27 bits per heavy atom. The van der Waals surface area contributed by atoms with Crippen LogP contribution in [0.2, 0.25) is 0 Å². The first-order valence-corrected chi connectivity index (χ1v) is 8.27. The standard InChI is InChI=1S/C17H19N5O4/c18-17-20-15-14(16(21-17)25-8-10-4-2-1-3-5-10)19-9-22(15)13-6-11(24)12(7-23)26-13/h1-5,9,11-13,23-24H,6-8H2,(H2,18,20,21). The molecule has 2 aromatic heterocycles. The van der Waals surface area contributed by atoms with Crippen molar-refractivity contribution in [2.75, 3.05) is 12.3 Å². The van der Waals surface area contributed by atoms with Crippen molar-refractivity contribution in [3.05, 3.63) is 42.2 Å². The molecule has 136 valence electrons. The lowest BCUT2D eigenvalue weighted by Gasteiger charge is -2.14. The van der Waals surface area contributed by atoms with E-state index in [1.807, 2.05) is 30.3 Å². The molecule has 1 aromatic carbocycles. The molecule has 9 heteroatoms. The third-order valence-corrected chi connectivity index (χ3v) is 4.32. The van der Waals surface area contributed by atoms with Crippen LogP contribution in [0.3, 0.4) is 0 Å².